The van der Waals surface area contributed by atoms with Crippen LogP contribution < -0.4 is 16.0 Å². The molecule has 4 amide bonds. The van der Waals surface area contributed by atoms with Gasteiger partial charge in [0.25, 0.3) is 5.91 Å². The van der Waals surface area contributed by atoms with Gasteiger partial charge in [-0.25, -0.2) is 14.8 Å². The number of pyridine rings is 1. The Morgan fingerprint density at radius 2 is 1.89 bits per heavy atom. The molecule has 3 aromatic heterocycles. The van der Waals surface area contributed by atoms with E-state index in [4.69, 9.17) is 0 Å². The van der Waals surface area contributed by atoms with Crippen molar-refractivity contribution in [1.29, 1.82) is 0 Å². The zero-order valence-electron chi connectivity index (χ0n) is 20.3. The van der Waals surface area contributed by atoms with Gasteiger partial charge in [-0.15, -0.1) is 11.3 Å². The number of benzene rings is 1. The Balaban J connectivity index is 1.24. The number of fused-ring (bicyclic) bond motifs is 1. The highest BCUT2D eigenvalue weighted by atomic mass is 32.1. The summed E-state index contributed by atoms with van der Waals surface area (Å²) < 4.78 is 1.07. The molecule has 0 saturated carbocycles. The second-order valence-electron chi connectivity index (χ2n) is 9.11. The summed E-state index contributed by atoms with van der Waals surface area (Å²) in [6, 6.07) is 12.9. The smallest absolute Gasteiger partial charge is 0.325 e. The molecular formula is C26H25N7O3S. The van der Waals surface area contributed by atoms with E-state index >= 15 is 0 Å². The van der Waals surface area contributed by atoms with Gasteiger partial charge in [0.15, 0.2) is 0 Å². The molecule has 1 aromatic carbocycles. The van der Waals surface area contributed by atoms with Gasteiger partial charge < -0.3 is 15.5 Å². The second-order valence-corrected chi connectivity index (χ2v) is 10.2. The van der Waals surface area contributed by atoms with Gasteiger partial charge in [-0.1, -0.05) is 0 Å². The topological polar surface area (TPSA) is 129 Å². The Kier molecular flexibility index (Phi) is 6.53. The van der Waals surface area contributed by atoms with Crippen molar-refractivity contribution in [2.75, 3.05) is 23.7 Å². The monoisotopic (exact) mass is 515 g/mol. The Hall–Kier alpha value is -4.38. The fourth-order valence-electron chi connectivity index (χ4n) is 4.07. The maximum Gasteiger partial charge on any atom is 0.325 e. The van der Waals surface area contributed by atoms with E-state index < -0.39 is 11.6 Å². The SMILES string of the molecule is CC1(C)C(=O)NC(=O)N1CCNc1nccc(-c2cc3cc(NC(=O)Cc4ccncc4)ccc3s2)n1. The summed E-state index contributed by atoms with van der Waals surface area (Å²) in [5.41, 5.74) is 1.50. The van der Waals surface area contributed by atoms with Crippen LogP contribution in [0.2, 0.25) is 0 Å². The third kappa shape index (κ3) is 5.26. The molecule has 3 N–H and O–H groups in total. The fraction of sp³-hybridized carbons (Fsp3) is 0.231. The van der Waals surface area contributed by atoms with Gasteiger partial charge in [0.2, 0.25) is 11.9 Å². The molecule has 188 valence electrons. The third-order valence-corrected chi connectivity index (χ3v) is 7.28. The predicted molar refractivity (Wildman–Crippen MR) is 142 cm³/mol. The summed E-state index contributed by atoms with van der Waals surface area (Å²) in [5.74, 6) is 0.0337. The molecule has 0 spiro atoms. The van der Waals surface area contributed by atoms with E-state index in [0.717, 1.165) is 31.9 Å². The van der Waals surface area contributed by atoms with Crippen LogP contribution >= 0.6 is 11.3 Å². The number of aromatic nitrogens is 3. The summed E-state index contributed by atoms with van der Waals surface area (Å²) in [5, 5.41) is 9.43. The lowest BCUT2D eigenvalue weighted by Gasteiger charge is -2.27. The van der Waals surface area contributed by atoms with Gasteiger partial charge in [0.1, 0.15) is 5.54 Å². The number of imide groups is 1. The molecular weight excluding hydrogens is 490 g/mol. The van der Waals surface area contributed by atoms with E-state index in [1.165, 1.54) is 4.90 Å². The van der Waals surface area contributed by atoms with Crippen molar-refractivity contribution in [2.45, 2.75) is 25.8 Å². The molecule has 0 bridgehead atoms. The minimum absolute atomic E-state index is 0.0910. The van der Waals surface area contributed by atoms with Gasteiger partial charge in [-0.05, 0) is 67.3 Å². The van der Waals surface area contributed by atoms with Crippen molar-refractivity contribution in [3.8, 4) is 10.6 Å². The largest absolute Gasteiger partial charge is 0.352 e. The average molecular weight is 516 g/mol. The number of carbonyl (C=O) groups excluding carboxylic acids is 3. The quantitative estimate of drug-likeness (QED) is 0.305. The number of urea groups is 1. The van der Waals surface area contributed by atoms with Crippen LogP contribution in [0.4, 0.5) is 16.4 Å². The van der Waals surface area contributed by atoms with Gasteiger partial charge in [-0.2, -0.15) is 0 Å². The number of nitrogens with zero attached hydrogens (tertiary/aromatic N) is 4. The zero-order chi connectivity index (χ0) is 26.0. The molecule has 5 rings (SSSR count). The van der Waals surface area contributed by atoms with Crippen molar-refractivity contribution in [3.05, 3.63) is 66.6 Å². The standard InChI is InChI=1S/C26H25N7O3S/c1-26(2)23(35)32-25(36)33(26)12-11-29-24-28-10-7-19(31-24)21-15-17-14-18(3-4-20(17)37-21)30-22(34)13-16-5-8-27-9-6-16/h3-10,14-15H,11-13H2,1-2H3,(H,30,34)(H,28,29,31)(H,32,35,36). The maximum absolute atomic E-state index is 12.4. The van der Waals surface area contributed by atoms with Gasteiger partial charge in [0, 0.05) is 42.1 Å². The van der Waals surface area contributed by atoms with Crippen LogP contribution in [0.3, 0.4) is 0 Å². The summed E-state index contributed by atoms with van der Waals surface area (Å²) in [7, 11) is 0. The normalized spacial score (nSPS) is 14.6. The minimum Gasteiger partial charge on any atom is -0.352 e. The summed E-state index contributed by atoms with van der Waals surface area (Å²) >= 11 is 1.60. The van der Waals surface area contributed by atoms with E-state index in [9.17, 15) is 14.4 Å². The number of anilines is 2. The van der Waals surface area contributed by atoms with E-state index in [0.29, 0.717) is 19.0 Å². The van der Waals surface area contributed by atoms with Crippen molar-refractivity contribution >= 4 is 50.9 Å². The summed E-state index contributed by atoms with van der Waals surface area (Å²) in [6.07, 6.45) is 5.30. The molecule has 1 aliphatic rings. The lowest BCUT2D eigenvalue weighted by Crippen LogP contribution is -2.46. The lowest BCUT2D eigenvalue weighted by atomic mass is 10.0. The van der Waals surface area contributed by atoms with E-state index in [1.807, 2.05) is 42.5 Å². The van der Waals surface area contributed by atoms with Crippen LogP contribution in [0, 0.1) is 0 Å². The first kappa shape index (κ1) is 24.3. The van der Waals surface area contributed by atoms with E-state index in [2.05, 4.69) is 30.9 Å². The van der Waals surface area contributed by atoms with Crippen molar-refractivity contribution < 1.29 is 14.4 Å². The number of amides is 4. The van der Waals surface area contributed by atoms with Crippen molar-refractivity contribution in [1.82, 2.24) is 25.2 Å². The molecule has 1 saturated heterocycles. The minimum atomic E-state index is -0.893. The number of nitrogens with one attached hydrogen (secondary N) is 3. The fourth-order valence-corrected chi connectivity index (χ4v) is 5.09. The number of thiophene rings is 1. The van der Waals surface area contributed by atoms with Gasteiger partial charge in [-0.3, -0.25) is 19.9 Å². The Bertz CT molecular complexity index is 1490. The van der Waals surface area contributed by atoms with E-state index in [1.54, 1.807) is 43.8 Å². The number of hydrogen-bond donors (Lipinski definition) is 3. The number of rotatable bonds is 8. The van der Waals surface area contributed by atoms with Crippen LogP contribution in [0.25, 0.3) is 20.7 Å². The molecule has 0 atom stereocenters. The molecule has 1 fully saturated rings. The highest BCUT2D eigenvalue weighted by Gasteiger charge is 2.45. The molecule has 37 heavy (non-hydrogen) atoms. The van der Waals surface area contributed by atoms with Crippen LogP contribution in [0.15, 0.2) is 61.1 Å². The molecule has 0 radical (unpaired) electrons. The molecule has 4 heterocycles. The van der Waals surface area contributed by atoms with Crippen LogP contribution in [0.5, 0.6) is 0 Å². The molecule has 0 aliphatic carbocycles. The summed E-state index contributed by atoms with van der Waals surface area (Å²) in [6.45, 7) is 4.15. The van der Waals surface area contributed by atoms with Gasteiger partial charge in [0.05, 0.1) is 17.0 Å². The summed E-state index contributed by atoms with van der Waals surface area (Å²) in [4.78, 5) is 51.7. The van der Waals surface area contributed by atoms with Crippen molar-refractivity contribution in [3.63, 3.8) is 0 Å². The highest BCUT2D eigenvalue weighted by Crippen LogP contribution is 2.34. The third-order valence-electron chi connectivity index (χ3n) is 6.14. The van der Waals surface area contributed by atoms with Crippen LogP contribution in [0.1, 0.15) is 19.4 Å². The molecule has 0 unspecified atom stereocenters. The second kappa shape index (κ2) is 9.94. The predicted octanol–water partition coefficient (Wildman–Crippen LogP) is 3.68. The van der Waals surface area contributed by atoms with Gasteiger partial charge >= 0.3 is 6.03 Å². The maximum atomic E-state index is 12.4. The highest BCUT2D eigenvalue weighted by molar-refractivity contribution is 7.22. The molecule has 1 aliphatic heterocycles. The molecule has 11 heteroatoms. The Morgan fingerprint density at radius 3 is 2.65 bits per heavy atom. The van der Waals surface area contributed by atoms with Crippen LogP contribution in [-0.2, 0) is 16.0 Å². The van der Waals surface area contributed by atoms with Crippen LogP contribution in [-0.4, -0.2) is 56.3 Å². The molecule has 4 aromatic rings. The average Bonchev–Trinajstić information content (AvgIpc) is 3.38. The first-order chi connectivity index (χ1) is 17.8. The van der Waals surface area contributed by atoms with E-state index in [-0.39, 0.29) is 18.2 Å². The first-order valence-corrected chi connectivity index (χ1v) is 12.5. The number of carbonyl (C=O) groups is 3. The Labute approximate surface area is 217 Å². The van der Waals surface area contributed by atoms with Crippen molar-refractivity contribution in [2.24, 2.45) is 0 Å². The molecule has 10 nitrogen and oxygen atoms in total. The number of hydrogen-bond acceptors (Lipinski definition) is 8. The first-order valence-electron chi connectivity index (χ1n) is 11.7. The zero-order valence-corrected chi connectivity index (χ0v) is 21.1. The lowest BCUT2D eigenvalue weighted by molar-refractivity contribution is -0.125. The Morgan fingerprint density at radius 1 is 1.08 bits per heavy atom.